The molecular formula is C10H9FN2O2. The van der Waals surface area contributed by atoms with Crippen molar-refractivity contribution in [1.82, 2.24) is 5.16 Å². The van der Waals surface area contributed by atoms with E-state index in [9.17, 15) is 4.39 Å². The van der Waals surface area contributed by atoms with Gasteiger partial charge in [0, 0.05) is 0 Å². The Morgan fingerprint density at radius 3 is 2.87 bits per heavy atom. The number of nitrogens with zero attached hydrogens (tertiary/aromatic N) is 1. The van der Waals surface area contributed by atoms with Gasteiger partial charge in [0.25, 0.3) is 0 Å². The summed E-state index contributed by atoms with van der Waals surface area (Å²) in [6.07, 6.45) is 1.36. The molecule has 0 bridgehead atoms. The summed E-state index contributed by atoms with van der Waals surface area (Å²) in [6.45, 7) is 0. The maximum absolute atomic E-state index is 13.3. The van der Waals surface area contributed by atoms with E-state index in [1.807, 2.05) is 0 Å². The molecule has 0 spiro atoms. The Balaban J connectivity index is 2.63. The van der Waals surface area contributed by atoms with Gasteiger partial charge in [0.1, 0.15) is 5.69 Å². The number of hydrogen-bond donors (Lipinski definition) is 1. The predicted octanol–water partition coefficient (Wildman–Crippen LogP) is 2.07. The number of halogens is 1. The molecule has 0 amide bonds. The number of anilines is 1. The zero-order chi connectivity index (χ0) is 10.8. The van der Waals surface area contributed by atoms with Crippen LogP contribution in [0.15, 0.2) is 28.9 Å². The molecule has 0 radical (unpaired) electrons. The Hall–Kier alpha value is -2.04. The van der Waals surface area contributed by atoms with E-state index in [0.717, 1.165) is 0 Å². The van der Waals surface area contributed by atoms with Gasteiger partial charge in [0.15, 0.2) is 17.3 Å². The summed E-state index contributed by atoms with van der Waals surface area (Å²) < 4.78 is 23.2. The van der Waals surface area contributed by atoms with Crippen LogP contribution in [0.2, 0.25) is 0 Å². The second-order valence-electron chi connectivity index (χ2n) is 2.93. The average Bonchev–Trinajstić information content (AvgIpc) is 2.64. The molecule has 0 saturated carbocycles. The van der Waals surface area contributed by atoms with Gasteiger partial charge in [0.2, 0.25) is 0 Å². The molecule has 0 fully saturated rings. The fraction of sp³-hybridized carbons (Fsp3) is 0.100. The molecule has 2 N–H and O–H groups in total. The van der Waals surface area contributed by atoms with Crippen LogP contribution in [0, 0.1) is 5.82 Å². The van der Waals surface area contributed by atoms with E-state index in [4.69, 9.17) is 15.0 Å². The minimum atomic E-state index is -0.467. The van der Waals surface area contributed by atoms with Gasteiger partial charge in [-0.15, -0.1) is 0 Å². The van der Waals surface area contributed by atoms with Gasteiger partial charge in [-0.1, -0.05) is 11.2 Å². The largest absolute Gasteiger partial charge is 0.493 e. The molecule has 0 unspecified atom stereocenters. The van der Waals surface area contributed by atoms with Crippen molar-refractivity contribution >= 4 is 5.69 Å². The fourth-order valence-corrected chi connectivity index (χ4v) is 1.35. The lowest BCUT2D eigenvalue weighted by Crippen LogP contribution is -1.93. The van der Waals surface area contributed by atoms with Gasteiger partial charge in [0.05, 0.1) is 18.9 Å². The third-order valence-corrected chi connectivity index (χ3v) is 2.01. The lowest BCUT2D eigenvalue weighted by Gasteiger charge is -2.06. The number of nitrogens with two attached hydrogens (primary N) is 1. The van der Waals surface area contributed by atoms with Crippen molar-refractivity contribution in [3.8, 4) is 17.1 Å². The van der Waals surface area contributed by atoms with Crippen LogP contribution >= 0.6 is 0 Å². The summed E-state index contributed by atoms with van der Waals surface area (Å²) in [5.41, 5.74) is 6.41. The molecule has 0 saturated heterocycles. The first-order valence-electron chi connectivity index (χ1n) is 4.27. The molecule has 2 aromatic rings. The van der Waals surface area contributed by atoms with E-state index in [1.54, 1.807) is 12.1 Å². The van der Waals surface area contributed by atoms with Gasteiger partial charge in [-0.2, -0.15) is 0 Å². The molecule has 78 valence electrons. The lowest BCUT2D eigenvalue weighted by molar-refractivity contribution is 0.382. The third-order valence-electron chi connectivity index (χ3n) is 2.01. The van der Waals surface area contributed by atoms with Gasteiger partial charge in [-0.05, 0) is 12.1 Å². The fourth-order valence-electron chi connectivity index (χ4n) is 1.35. The van der Waals surface area contributed by atoms with E-state index in [-0.39, 0.29) is 5.75 Å². The summed E-state index contributed by atoms with van der Waals surface area (Å²) in [7, 11) is 1.38. The van der Waals surface area contributed by atoms with E-state index in [0.29, 0.717) is 17.0 Å². The summed E-state index contributed by atoms with van der Waals surface area (Å²) in [5, 5.41) is 3.53. The summed E-state index contributed by atoms with van der Waals surface area (Å²) in [5.74, 6) is -0.0573. The van der Waals surface area contributed by atoms with Crippen molar-refractivity contribution in [3.63, 3.8) is 0 Å². The number of hydrogen-bond acceptors (Lipinski definition) is 4. The zero-order valence-electron chi connectivity index (χ0n) is 8.03. The molecule has 0 aliphatic carbocycles. The molecule has 0 aliphatic heterocycles. The van der Waals surface area contributed by atoms with E-state index < -0.39 is 5.82 Å². The second-order valence-corrected chi connectivity index (χ2v) is 2.93. The topological polar surface area (TPSA) is 61.3 Å². The van der Waals surface area contributed by atoms with Crippen molar-refractivity contribution in [2.45, 2.75) is 0 Å². The highest BCUT2D eigenvalue weighted by Gasteiger charge is 2.16. The molecule has 0 aliphatic rings. The first kappa shape index (κ1) is 9.51. The average molecular weight is 208 g/mol. The van der Waals surface area contributed by atoms with Crippen LogP contribution in [0.5, 0.6) is 5.75 Å². The van der Waals surface area contributed by atoms with Crippen molar-refractivity contribution in [2.75, 3.05) is 12.8 Å². The number of para-hydroxylation sites is 1. The molecule has 4 nitrogen and oxygen atoms in total. The van der Waals surface area contributed by atoms with Gasteiger partial charge < -0.3 is 15.0 Å². The second kappa shape index (κ2) is 3.61. The summed E-state index contributed by atoms with van der Waals surface area (Å²) in [6, 6.07) is 4.50. The van der Waals surface area contributed by atoms with Crippen LogP contribution < -0.4 is 10.5 Å². The molecule has 1 aromatic heterocycles. The molecule has 5 heteroatoms. The maximum atomic E-state index is 13.3. The smallest absolute Gasteiger partial charge is 0.193 e. The first-order chi connectivity index (χ1) is 7.24. The van der Waals surface area contributed by atoms with Crippen LogP contribution in [0.4, 0.5) is 10.1 Å². The Labute approximate surface area is 85.4 Å². The normalized spacial score (nSPS) is 10.3. The Morgan fingerprint density at radius 1 is 1.47 bits per heavy atom. The Morgan fingerprint density at radius 2 is 2.27 bits per heavy atom. The minimum Gasteiger partial charge on any atom is -0.493 e. The van der Waals surface area contributed by atoms with E-state index in [2.05, 4.69) is 5.16 Å². The van der Waals surface area contributed by atoms with Crippen molar-refractivity contribution in [1.29, 1.82) is 0 Å². The molecule has 15 heavy (non-hydrogen) atoms. The number of nitrogen functional groups attached to an aromatic ring is 1. The van der Waals surface area contributed by atoms with Crippen molar-refractivity contribution in [3.05, 3.63) is 30.2 Å². The van der Waals surface area contributed by atoms with Crippen LogP contribution in [0.1, 0.15) is 0 Å². The number of methoxy groups -OCH3 is 1. The third kappa shape index (κ3) is 1.52. The maximum Gasteiger partial charge on any atom is 0.193 e. The van der Waals surface area contributed by atoms with Crippen LogP contribution in [-0.4, -0.2) is 12.3 Å². The van der Waals surface area contributed by atoms with Crippen molar-refractivity contribution < 1.29 is 13.7 Å². The zero-order valence-corrected chi connectivity index (χ0v) is 8.03. The minimum absolute atomic E-state index is 0.0981. The van der Waals surface area contributed by atoms with E-state index >= 15 is 0 Å². The van der Waals surface area contributed by atoms with E-state index in [1.165, 1.54) is 19.4 Å². The van der Waals surface area contributed by atoms with Crippen LogP contribution in [0.25, 0.3) is 11.3 Å². The summed E-state index contributed by atoms with van der Waals surface area (Å²) >= 11 is 0. The number of rotatable bonds is 2. The molecular weight excluding hydrogens is 199 g/mol. The predicted molar refractivity (Wildman–Crippen MR) is 52.9 cm³/mol. The Bertz CT molecular complexity index is 482. The summed E-state index contributed by atoms with van der Waals surface area (Å²) in [4.78, 5) is 0. The SMILES string of the molecule is COc1c(F)cccc1-c1oncc1N. The number of ether oxygens (including phenoxy) is 1. The van der Waals surface area contributed by atoms with Crippen molar-refractivity contribution in [2.24, 2.45) is 0 Å². The molecule has 0 atom stereocenters. The van der Waals surface area contributed by atoms with Gasteiger partial charge in [-0.25, -0.2) is 4.39 Å². The molecule has 2 rings (SSSR count). The highest BCUT2D eigenvalue weighted by molar-refractivity contribution is 5.75. The van der Waals surface area contributed by atoms with Crippen LogP contribution in [-0.2, 0) is 0 Å². The van der Waals surface area contributed by atoms with Crippen LogP contribution in [0.3, 0.4) is 0 Å². The number of benzene rings is 1. The highest BCUT2D eigenvalue weighted by atomic mass is 19.1. The highest BCUT2D eigenvalue weighted by Crippen LogP contribution is 2.34. The monoisotopic (exact) mass is 208 g/mol. The van der Waals surface area contributed by atoms with Gasteiger partial charge >= 0.3 is 0 Å². The number of aromatic nitrogens is 1. The molecule has 1 aromatic carbocycles. The standard InChI is InChI=1S/C10H9FN2O2/c1-14-9-6(3-2-4-7(9)11)10-8(12)5-13-15-10/h2-5H,12H2,1H3. The first-order valence-corrected chi connectivity index (χ1v) is 4.27. The molecule has 1 heterocycles. The Kier molecular flexibility index (Phi) is 2.29. The quantitative estimate of drug-likeness (QED) is 0.820. The van der Waals surface area contributed by atoms with Gasteiger partial charge in [-0.3, -0.25) is 0 Å². The lowest BCUT2D eigenvalue weighted by atomic mass is 10.1.